The molecule has 1 fully saturated rings. The SMILES string of the molecule is Cc1sc(Br)cc1S(=O)(=O)N1CCC(CCN)CC1. The normalized spacial score (nSPS) is 18.9. The van der Waals surface area contributed by atoms with Crippen LogP contribution in [0.5, 0.6) is 0 Å². The fourth-order valence-electron chi connectivity index (χ4n) is 2.50. The molecule has 0 atom stereocenters. The van der Waals surface area contributed by atoms with Crippen molar-refractivity contribution in [1.29, 1.82) is 0 Å². The van der Waals surface area contributed by atoms with E-state index in [1.165, 1.54) is 11.3 Å². The maximum atomic E-state index is 12.6. The third kappa shape index (κ3) is 3.39. The maximum Gasteiger partial charge on any atom is 0.244 e. The van der Waals surface area contributed by atoms with E-state index < -0.39 is 10.0 Å². The smallest absolute Gasteiger partial charge is 0.244 e. The van der Waals surface area contributed by atoms with E-state index in [1.807, 2.05) is 6.92 Å². The molecule has 7 heteroatoms. The fraction of sp³-hybridized carbons (Fsp3) is 0.667. The molecule has 0 radical (unpaired) electrons. The van der Waals surface area contributed by atoms with Gasteiger partial charge in [0.05, 0.1) is 8.68 Å². The van der Waals surface area contributed by atoms with Crippen molar-refractivity contribution < 1.29 is 8.42 Å². The van der Waals surface area contributed by atoms with Crippen LogP contribution in [0.2, 0.25) is 0 Å². The van der Waals surface area contributed by atoms with Crippen molar-refractivity contribution in [3.8, 4) is 0 Å². The van der Waals surface area contributed by atoms with Gasteiger partial charge in [-0.3, -0.25) is 0 Å². The van der Waals surface area contributed by atoms with Crippen LogP contribution >= 0.6 is 27.3 Å². The summed E-state index contributed by atoms with van der Waals surface area (Å²) < 4.78 is 27.6. The highest BCUT2D eigenvalue weighted by Gasteiger charge is 2.31. The summed E-state index contributed by atoms with van der Waals surface area (Å²) in [5, 5.41) is 0. The quantitative estimate of drug-likeness (QED) is 0.890. The first kappa shape index (κ1) is 15.4. The van der Waals surface area contributed by atoms with E-state index in [2.05, 4.69) is 15.9 Å². The lowest BCUT2D eigenvalue weighted by atomic mass is 9.95. The summed E-state index contributed by atoms with van der Waals surface area (Å²) in [6.07, 6.45) is 2.83. The third-order valence-corrected chi connectivity index (χ3v) is 7.32. The van der Waals surface area contributed by atoms with Crippen LogP contribution in [-0.2, 0) is 10.0 Å². The molecular formula is C12H19BrN2O2S2. The van der Waals surface area contributed by atoms with Gasteiger partial charge in [0.25, 0.3) is 0 Å². The minimum absolute atomic E-state index is 0.446. The predicted molar refractivity (Wildman–Crippen MR) is 81.9 cm³/mol. The van der Waals surface area contributed by atoms with E-state index in [9.17, 15) is 8.42 Å². The number of rotatable bonds is 4. The lowest BCUT2D eigenvalue weighted by Crippen LogP contribution is -2.38. The lowest BCUT2D eigenvalue weighted by Gasteiger charge is -2.31. The Morgan fingerprint density at radius 3 is 2.58 bits per heavy atom. The molecule has 2 rings (SSSR count). The highest BCUT2D eigenvalue weighted by atomic mass is 79.9. The Hall–Kier alpha value is 0.0500. The summed E-state index contributed by atoms with van der Waals surface area (Å²) in [4.78, 5) is 1.29. The molecule has 1 aromatic heterocycles. The summed E-state index contributed by atoms with van der Waals surface area (Å²) in [6, 6.07) is 1.71. The van der Waals surface area contributed by atoms with Crippen LogP contribution in [0.25, 0.3) is 0 Å². The number of hydrogen-bond acceptors (Lipinski definition) is 4. The van der Waals surface area contributed by atoms with Gasteiger partial charge in [-0.2, -0.15) is 4.31 Å². The topological polar surface area (TPSA) is 63.4 Å². The van der Waals surface area contributed by atoms with E-state index in [1.54, 1.807) is 10.4 Å². The molecule has 1 aromatic rings. The molecule has 2 N–H and O–H groups in total. The Labute approximate surface area is 127 Å². The zero-order valence-electron chi connectivity index (χ0n) is 10.9. The molecule has 0 saturated carbocycles. The number of aryl methyl sites for hydroxylation is 1. The van der Waals surface area contributed by atoms with E-state index in [0.717, 1.165) is 27.9 Å². The van der Waals surface area contributed by atoms with Crippen LogP contribution in [0.4, 0.5) is 0 Å². The van der Waals surface area contributed by atoms with Gasteiger partial charge in [-0.1, -0.05) is 0 Å². The van der Waals surface area contributed by atoms with Crippen LogP contribution in [0, 0.1) is 12.8 Å². The van der Waals surface area contributed by atoms with Gasteiger partial charge in [0.15, 0.2) is 0 Å². The molecule has 0 unspecified atom stereocenters. The van der Waals surface area contributed by atoms with Crippen molar-refractivity contribution in [1.82, 2.24) is 4.31 Å². The van der Waals surface area contributed by atoms with Gasteiger partial charge in [0.2, 0.25) is 10.0 Å². The van der Waals surface area contributed by atoms with Crippen molar-refractivity contribution in [2.45, 2.75) is 31.1 Å². The van der Waals surface area contributed by atoms with Gasteiger partial charge in [-0.05, 0) is 60.6 Å². The molecule has 4 nitrogen and oxygen atoms in total. The Morgan fingerprint density at radius 2 is 2.11 bits per heavy atom. The average Bonchev–Trinajstić information content (AvgIpc) is 2.70. The molecule has 1 aliphatic rings. The largest absolute Gasteiger partial charge is 0.330 e. The molecule has 0 aromatic carbocycles. The van der Waals surface area contributed by atoms with Crippen molar-refractivity contribution in [3.63, 3.8) is 0 Å². The summed E-state index contributed by atoms with van der Waals surface area (Å²) in [7, 11) is -3.33. The summed E-state index contributed by atoms with van der Waals surface area (Å²) in [5.74, 6) is 0.576. The van der Waals surface area contributed by atoms with Gasteiger partial charge in [0, 0.05) is 18.0 Å². The van der Waals surface area contributed by atoms with Crippen molar-refractivity contribution in [2.75, 3.05) is 19.6 Å². The summed E-state index contributed by atoms with van der Waals surface area (Å²) in [6.45, 7) is 3.76. The Morgan fingerprint density at radius 1 is 1.47 bits per heavy atom. The molecule has 19 heavy (non-hydrogen) atoms. The van der Waals surface area contributed by atoms with Crippen LogP contribution in [0.3, 0.4) is 0 Å². The number of piperidine rings is 1. The predicted octanol–water partition coefficient (Wildman–Crippen LogP) is 2.57. The number of nitrogens with zero attached hydrogens (tertiary/aromatic N) is 1. The number of sulfonamides is 1. The van der Waals surface area contributed by atoms with Crippen molar-refractivity contribution >= 4 is 37.3 Å². The zero-order valence-corrected chi connectivity index (χ0v) is 14.2. The van der Waals surface area contributed by atoms with E-state index >= 15 is 0 Å². The van der Waals surface area contributed by atoms with Crippen LogP contribution < -0.4 is 5.73 Å². The number of nitrogens with two attached hydrogens (primary N) is 1. The fourth-order valence-corrected chi connectivity index (χ4v) is 6.35. The van der Waals surface area contributed by atoms with Crippen LogP contribution in [-0.4, -0.2) is 32.4 Å². The minimum atomic E-state index is -3.33. The van der Waals surface area contributed by atoms with Gasteiger partial charge in [-0.15, -0.1) is 11.3 Å². The second-order valence-corrected chi connectivity index (χ2v) is 9.44. The van der Waals surface area contributed by atoms with E-state index in [4.69, 9.17) is 5.73 Å². The van der Waals surface area contributed by atoms with Gasteiger partial charge >= 0.3 is 0 Å². The molecular weight excluding hydrogens is 348 g/mol. The number of hydrogen-bond donors (Lipinski definition) is 1. The first-order valence-corrected chi connectivity index (χ1v) is 9.46. The maximum absolute atomic E-state index is 12.6. The number of thiophene rings is 1. The standard InChI is InChI=1S/C12H19BrN2O2S2/c1-9-11(8-12(13)18-9)19(16,17)15-6-3-10(2-5-14)4-7-15/h8,10H,2-7,14H2,1H3. The van der Waals surface area contributed by atoms with Gasteiger partial charge < -0.3 is 5.73 Å². The summed E-state index contributed by atoms with van der Waals surface area (Å²) in [5.41, 5.74) is 5.56. The summed E-state index contributed by atoms with van der Waals surface area (Å²) >= 11 is 4.81. The van der Waals surface area contributed by atoms with Crippen molar-refractivity contribution in [2.24, 2.45) is 11.7 Å². The molecule has 0 amide bonds. The van der Waals surface area contributed by atoms with E-state index in [0.29, 0.717) is 30.4 Å². The monoisotopic (exact) mass is 366 g/mol. The van der Waals surface area contributed by atoms with Gasteiger partial charge in [0.1, 0.15) is 0 Å². The molecule has 0 bridgehead atoms. The second-order valence-electron chi connectivity index (χ2n) is 4.90. The first-order valence-electron chi connectivity index (χ1n) is 6.41. The highest BCUT2D eigenvalue weighted by Crippen LogP contribution is 2.33. The van der Waals surface area contributed by atoms with Gasteiger partial charge in [-0.25, -0.2) is 8.42 Å². The average molecular weight is 367 g/mol. The lowest BCUT2D eigenvalue weighted by molar-refractivity contribution is 0.266. The molecule has 2 heterocycles. The van der Waals surface area contributed by atoms with Crippen LogP contribution in [0.1, 0.15) is 24.1 Å². The van der Waals surface area contributed by atoms with E-state index in [-0.39, 0.29) is 0 Å². The Kier molecular flexibility index (Phi) is 5.05. The highest BCUT2D eigenvalue weighted by molar-refractivity contribution is 9.11. The zero-order chi connectivity index (χ0) is 14.0. The molecule has 108 valence electrons. The van der Waals surface area contributed by atoms with Crippen molar-refractivity contribution in [3.05, 3.63) is 14.7 Å². The van der Waals surface area contributed by atoms with Crippen LogP contribution in [0.15, 0.2) is 14.7 Å². The first-order chi connectivity index (χ1) is 8.95. The third-order valence-electron chi connectivity index (χ3n) is 3.61. The molecule has 1 aliphatic heterocycles. The Bertz CT molecular complexity index is 534. The molecule has 0 aliphatic carbocycles. The number of halogens is 1. The Balaban J connectivity index is 2.12. The molecule has 0 spiro atoms. The second kappa shape index (κ2) is 6.22. The minimum Gasteiger partial charge on any atom is -0.330 e. The molecule has 1 saturated heterocycles.